The summed E-state index contributed by atoms with van der Waals surface area (Å²) in [5.74, 6) is 0. The molecule has 0 saturated heterocycles. The molecule has 0 aromatic rings. The molecule has 1 radical (unpaired) electrons. The Bertz CT molecular complexity index is 30.6. The van der Waals surface area contributed by atoms with Crippen LogP contribution < -0.4 is 0 Å². The van der Waals surface area contributed by atoms with Gasteiger partial charge in [-0.05, 0) is 19.3 Å². The molecular formula is C4H6F. The van der Waals surface area contributed by atoms with Gasteiger partial charge in [-0.3, -0.25) is 0 Å². The van der Waals surface area contributed by atoms with Crippen molar-refractivity contribution in [2.45, 2.75) is 19.0 Å². The second-order valence-corrected chi connectivity index (χ2v) is 1.33. The SMILES string of the molecule is FC1[CH]CC1. The first-order valence-corrected chi connectivity index (χ1v) is 1.87. The van der Waals surface area contributed by atoms with E-state index < -0.39 is 6.17 Å². The van der Waals surface area contributed by atoms with Crippen molar-refractivity contribution < 1.29 is 4.39 Å². The topological polar surface area (TPSA) is 0 Å². The quantitative estimate of drug-likeness (QED) is 0.405. The molecule has 1 rings (SSSR count). The van der Waals surface area contributed by atoms with Gasteiger partial charge in [-0.15, -0.1) is 0 Å². The minimum absolute atomic E-state index is 0.560. The molecule has 1 atom stereocenters. The standard InChI is InChI=1S/C4H6F/c5-4-2-1-3-4/h2,4H,1,3H2. The summed E-state index contributed by atoms with van der Waals surface area (Å²) in [6.07, 6.45) is 2.87. The monoisotopic (exact) mass is 73.0 g/mol. The smallest absolute Gasteiger partial charge is 0.103 e. The van der Waals surface area contributed by atoms with Crippen molar-refractivity contribution in [3.63, 3.8) is 0 Å². The lowest BCUT2D eigenvalue weighted by Crippen LogP contribution is -2.10. The van der Waals surface area contributed by atoms with Crippen molar-refractivity contribution in [3.05, 3.63) is 6.42 Å². The van der Waals surface area contributed by atoms with Gasteiger partial charge in [-0.1, -0.05) is 0 Å². The van der Waals surface area contributed by atoms with Gasteiger partial charge in [0.25, 0.3) is 0 Å². The molecule has 5 heavy (non-hydrogen) atoms. The lowest BCUT2D eigenvalue weighted by molar-refractivity contribution is 0.288. The Morgan fingerprint density at radius 2 is 2.20 bits per heavy atom. The van der Waals surface area contributed by atoms with Gasteiger partial charge in [0, 0.05) is 0 Å². The van der Waals surface area contributed by atoms with Crippen LogP contribution in [-0.2, 0) is 0 Å². The van der Waals surface area contributed by atoms with Crippen LogP contribution in [0, 0.1) is 6.42 Å². The molecule has 1 fully saturated rings. The Hall–Kier alpha value is -0.0700. The molecule has 1 aliphatic carbocycles. The van der Waals surface area contributed by atoms with E-state index in [1.807, 2.05) is 0 Å². The molecule has 1 heteroatoms. The van der Waals surface area contributed by atoms with Crippen LogP contribution >= 0.6 is 0 Å². The molecule has 0 aliphatic heterocycles. The number of rotatable bonds is 0. The van der Waals surface area contributed by atoms with E-state index in [1.54, 1.807) is 6.42 Å². The van der Waals surface area contributed by atoms with Gasteiger partial charge >= 0.3 is 0 Å². The highest BCUT2D eigenvalue weighted by Crippen LogP contribution is 2.19. The molecule has 29 valence electrons. The molecule has 0 heterocycles. The van der Waals surface area contributed by atoms with E-state index in [4.69, 9.17) is 0 Å². The van der Waals surface area contributed by atoms with Gasteiger partial charge in [-0.25, -0.2) is 4.39 Å². The number of alkyl halides is 1. The zero-order chi connectivity index (χ0) is 3.70. The highest BCUT2D eigenvalue weighted by molar-refractivity contribution is 4.86. The first-order chi connectivity index (χ1) is 2.39. The fourth-order valence-electron chi connectivity index (χ4n) is 0.293. The van der Waals surface area contributed by atoms with Crippen molar-refractivity contribution in [1.82, 2.24) is 0 Å². The number of hydrogen-bond acceptors (Lipinski definition) is 0. The third-order valence-electron chi connectivity index (χ3n) is 0.865. The Kier molecular flexibility index (Phi) is 0.601. The third-order valence-corrected chi connectivity index (χ3v) is 0.865. The van der Waals surface area contributed by atoms with Crippen molar-refractivity contribution >= 4 is 0 Å². The van der Waals surface area contributed by atoms with E-state index in [2.05, 4.69) is 0 Å². The van der Waals surface area contributed by atoms with E-state index in [0.29, 0.717) is 0 Å². The van der Waals surface area contributed by atoms with E-state index >= 15 is 0 Å². The largest absolute Gasteiger partial charge is 0.247 e. The second-order valence-electron chi connectivity index (χ2n) is 1.33. The average Bonchev–Trinajstić information content (AvgIpc) is 1.30. The summed E-state index contributed by atoms with van der Waals surface area (Å²) in [6.45, 7) is 0. The van der Waals surface area contributed by atoms with Crippen LogP contribution in [0.2, 0.25) is 0 Å². The Morgan fingerprint density at radius 1 is 1.80 bits per heavy atom. The molecule has 0 nitrogen and oxygen atoms in total. The Morgan fingerprint density at radius 3 is 2.20 bits per heavy atom. The third kappa shape index (κ3) is 0.416. The first kappa shape index (κ1) is 3.13. The fraction of sp³-hybridized carbons (Fsp3) is 0.750. The highest BCUT2D eigenvalue weighted by atomic mass is 19.1. The van der Waals surface area contributed by atoms with Crippen LogP contribution in [0.1, 0.15) is 12.8 Å². The summed E-state index contributed by atoms with van der Waals surface area (Å²) in [4.78, 5) is 0. The first-order valence-electron chi connectivity index (χ1n) is 1.87. The van der Waals surface area contributed by atoms with Crippen LogP contribution in [0.25, 0.3) is 0 Å². The van der Waals surface area contributed by atoms with Gasteiger partial charge in [0.15, 0.2) is 0 Å². The van der Waals surface area contributed by atoms with Crippen LogP contribution in [0.4, 0.5) is 4.39 Å². The normalized spacial score (nSPS) is 25.8. The van der Waals surface area contributed by atoms with Crippen LogP contribution in [-0.4, -0.2) is 6.17 Å². The van der Waals surface area contributed by atoms with Gasteiger partial charge in [0.2, 0.25) is 0 Å². The van der Waals surface area contributed by atoms with E-state index in [0.717, 1.165) is 12.8 Å². The average molecular weight is 73.1 g/mol. The number of hydrogen-bond donors (Lipinski definition) is 0. The van der Waals surface area contributed by atoms with E-state index in [-0.39, 0.29) is 0 Å². The summed E-state index contributed by atoms with van der Waals surface area (Å²) >= 11 is 0. The highest BCUT2D eigenvalue weighted by Gasteiger charge is 2.14. The zero-order valence-corrected chi connectivity index (χ0v) is 2.95. The maximum absolute atomic E-state index is 11.5. The molecule has 0 N–H and O–H groups in total. The van der Waals surface area contributed by atoms with Gasteiger partial charge in [0.05, 0.1) is 0 Å². The van der Waals surface area contributed by atoms with Gasteiger partial charge in [0.1, 0.15) is 6.17 Å². The molecule has 0 amide bonds. The van der Waals surface area contributed by atoms with Crippen molar-refractivity contribution in [2.75, 3.05) is 0 Å². The maximum atomic E-state index is 11.5. The summed E-state index contributed by atoms with van der Waals surface area (Å²) in [5.41, 5.74) is 0. The molecule has 0 aromatic heterocycles. The lowest BCUT2D eigenvalue weighted by atomic mass is 9.98. The predicted molar refractivity (Wildman–Crippen MR) is 18.4 cm³/mol. The van der Waals surface area contributed by atoms with Crippen LogP contribution in [0.5, 0.6) is 0 Å². The van der Waals surface area contributed by atoms with Gasteiger partial charge in [-0.2, -0.15) is 0 Å². The van der Waals surface area contributed by atoms with E-state index in [9.17, 15) is 4.39 Å². The predicted octanol–water partition coefficient (Wildman–Crippen LogP) is 1.32. The van der Waals surface area contributed by atoms with Crippen LogP contribution in [0.3, 0.4) is 0 Å². The zero-order valence-electron chi connectivity index (χ0n) is 2.95. The fourth-order valence-corrected chi connectivity index (χ4v) is 0.293. The summed E-state index contributed by atoms with van der Waals surface area (Å²) in [6, 6.07) is 0. The molecule has 0 aromatic carbocycles. The minimum atomic E-state index is -0.560. The summed E-state index contributed by atoms with van der Waals surface area (Å²) in [7, 11) is 0. The Labute approximate surface area is 31.0 Å². The molecule has 1 unspecified atom stereocenters. The number of halogens is 1. The minimum Gasteiger partial charge on any atom is -0.247 e. The molecular weight excluding hydrogens is 67.0 g/mol. The van der Waals surface area contributed by atoms with Crippen molar-refractivity contribution in [2.24, 2.45) is 0 Å². The molecule has 0 spiro atoms. The van der Waals surface area contributed by atoms with Crippen molar-refractivity contribution in [3.8, 4) is 0 Å². The Balaban J connectivity index is 2.08. The summed E-state index contributed by atoms with van der Waals surface area (Å²) < 4.78 is 11.5. The molecule has 1 saturated carbocycles. The lowest BCUT2D eigenvalue weighted by Gasteiger charge is -2.14. The van der Waals surface area contributed by atoms with E-state index in [1.165, 1.54) is 0 Å². The summed E-state index contributed by atoms with van der Waals surface area (Å²) in [5, 5.41) is 0. The molecule has 1 aliphatic rings. The van der Waals surface area contributed by atoms with Gasteiger partial charge < -0.3 is 0 Å². The second kappa shape index (κ2) is 0.959. The van der Waals surface area contributed by atoms with Crippen molar-refractivity contribution in [1.29, 1.82) is 0 Å². The maximum Gasteiger partial charge on any atom is 0.103 e. The molecule has 0 bridgehead atoms. The van der Waals surface area contributed by atoms with Crippen LogP contribution in [0.15, 0.2) is 0 Å².